The van der Waals surface area contributed by atoms with Crippen molar-refractivity contribution in [2.24, 2.45) is 0 Å². The third-order valence-corrected chi connectivity index (χ3v) is 5.03. The van der Waals surface area contributed by atoms with Crippen LogP contribution >= 0.6 is 23.2 Å². The molecule has 1 aliphatic rings. The van der Waals surface area contributed by atoms with E-state index in [4.69, 9.17) is 27.9 Å². The summed E-state index contributed by atoms with van der Waals surface area (Å²) in [6.07, 6.45) is -0.641. The molecule has 0 saturated carbocycles. The van der Waals surface area contributed by atoms with Gasteiger partial charge in [0, 0.05) is 42.3 Å². The van der Waals surface area contributed by atoms with Crippen molar-refractivity contribution in [3.05, 3.63) is 62.6 Å². The Hall–Kier alpha value is -2.51. The second-order valence-electron chi connectivity index (χ2n) is 6.42. The van der Waals surface area contributed by atoms with Gasteiger partial charge in [-0.2, -0.15) is 0 Å². The minimum Gasteiger partial charge on any atom is -0.481 e. The summed E-state index contributed by atoms with van der Waals surface area (Å²) in [5, 5.41) is 12.2. The standard InChI is InChI=1S/C19H19Cl2N3O4/c1-13(28-16-5-2-14(20)3-6-16)19(25)23-10-8-22(9-11-23)17-7-4-15(21)12-18(17)24(26)27/h2-7,12-13H,8-11H2,1H3. The molecule has 7 nitrogen and oxygen atoms in total. The molecule has 0 bridgehead atoms. The third-order valence-electron chi connectivity index (χ3n) is 4.54. The van der Waals surface area contributed by atoms with E-state index in [-0.39, 0.29) is 11.6 Å². The molecule has 2 aromatic rings. The summed E-state index contributed by atoms with van der Waals surface area (Å²) in [5.74, 6) is 0.445. The second kappa shape index (κ2) is 8.67. The molecule has 9 heteroatoms. The highest BCUT2D eigenvalue weighted by Gasteiger charge is 2.28. The van der Waals surface area contributed by atoms with Crippen molar-refractivity contribution >= 4 is 40.5 Å². The number of carbonyl (C=O) groups is 1. The Morgan fingerprint density at radius 3 is 2.29 bits per heavy atom. The first-order valence-corrected chi connectivity index (χ1v) is 9.50. The fourth-order valence-corrected chi connectivity index (χ4v) is 3.40. The molecule has 0 radical (unpaired) electrons. The predicted molar refractivity (Wildman–Crippen MR) is 108 cm³/mol. The van der Waals surface area contributed by atoms with Gasteiger partial charge in [-0.25, -0.2) is 0 Å². The maximum Gasteiger partial charge on any atom is 0.294 e. The molecule has 1 heterocycles. The Labute approximate surface area is 172 Å². The minimum atomic E-state index is -0.641. The average Bonchev–Trinajstić information content (AvgIpc) is 2.69. The van der Waals surface area contributed by atoms with Crippen molar-refractivity contribution in [3.8, 4) is 5.75 Å². The highest BCUT2D eigenvalue weighted by molar-refractivity contribution is 6.31. The zero-order valence-corrected chi connectivity index (χ0v) is 16.7. The SMILES string of the molecule is CC(Oc1ccc(Cl)cc1)C(=O)N1CCN(c2ccc(Cl)cc2[N+](=O)[O-])CC1. The number of nitro groups is 1. The molecule has 28 heavy (non-hydrogen) atoms. The van der Waals surface area contributed by atoms with E-state index in [0.29, 0.717) is 47.7 Å². The fraction of sp³-hybridized carbons (Fsp3) is 0.316. The lowest BCUT2D eigenvalue weighted by atomic mass is 10.2. The van der Waals surface area contributed by atoms with Gasteiger partial charge in [0.15, 0.2) is 6.10 Å². The van der Waals surface area contributed by atoms with Gasteiger partial charge in [0.25, 0.3) is 11.6 Å². The number of hydrogen-bond acceptors (Lipinski definition) is 5. The molecule has 0 aromatic heterocycles. The van der Waals surface area contributed by atoms with E-state index >= 15 is 0 Å². The predicted octanol–water partition coefficient (Wildman–Crippen LogP) is 4.02. The highest BCUT2D eigenvalue weighted by Crippen LogP contribution is 2.31. The van der Waals surface area contributed by atoms with Gasteiger partial charge in [-0.15, -0.1) is 0 Å². The van der Waals surface area contributed by atoms with Crippen LogP contribution in [0.25, 0.3) is 0 Å². The molecule has 2 aromatic carbocycles. The van der Waals surface area contributed by atoms with Gasteiger partial charge < -0.3 is 14.5 Å². The summed E-state index contributed by atoms with van der Waals surface area (Å²) in [5.41, 5.74) is 0.471. The molecule has 3 rings (SSSR count). The monoisotopic (exact) mass is 423 g/mol. The lowest BCUT2D eigenvalue weighted by molar-refractivity contribution is -0.384. The van der Waals surface area contributed by atoms with E-state index in [1.165, 1.54) is 6.07 Å². The van der Waals surface area contributed by atoms with Gasteiger partial charge in [0.1, 0.15) is 11.4 Å². The van der Waals surface area contributed by atoms with Crippen LogP contribution in [0.2, 0.25) is 10.0 Å². The first-order valence-electron chi connectivity index (χ1n) is 8.75. The third kappa shape index (κ3) is 4.66. The van der Waals surface area contributed by atoms with Crippen LogP contribution in [0.15, 0.2) is 42.5 Å². The van der Waals surface area contributed by atoms with Crippen LogP contribution in [-0.4, -0.2) is 48.0 Å². The summed E-state index contributed by atoms with van der Waals surface area (Å²) in [4.78, 5) is 27.1. The number of nitro benzene ring substituents is 1. The van der Waals surface area contributed by atoms with E-state index in [1.807, 2.05) is 4.90 Å². The molecule has 1 atom stereocenters. The van der Waals surface area contributed by atoms with Gasteiger partial charge in [-0.1, -0.05) is 23.2 Å². The van der Waals surface area contributed by atoms with E-state index in [0.717, 1.165) is 0 Å². The van der Waals surface area contributed by atoms with Crippen molar-refractivity contribution in [2.45, 2.75) is 13.0 Å². The average molecular weight is 424 g/mol. The van der Waals surface area contributed by atoms with Crippen molar-refractivity contribution in [3.63, 3.8) is 0 Å². The number of benzene rings is 2. The number of ether oxygens (including phenoxy) is 1. The molecule has 1 amide bonds. The Bertz CT molecular complexity index is 868. The number of anilines is 1. The van der Waals surface area contributed by atoms with E-state index in [9.17, 15) is 14.9 Å². The van der Waals surface area contributed by atoms with Gasteiger partial charge in [0.2, 0.25) is 0 Å². The zero-order valence-electron chi connectivity index (χ0n) is 15.2. The topological polar surface area (TPSA) is 75.9 Å². The Balaban J connectivity index is 1.61. The highest BCUT2D eigenvalue weighted by atomic mass is 35.5. The van der Waals surface area contributed by atoms with Gasteiger partial charge in [0.05, 0.1) is 4.92 Å². The molecule has 1 aliphatic heterocycles. The van der Waals surface area contributed by atoms with E-state index in [2.05, 4.69) is 0 Å². The summed E-state index contributed by atoms with van der Waals surface area (Å²) in [6.45, 7) is 3.58. The Morgan fingerprint density at radius 2 is 1.68 bits per heavy atom. The number of piperazine rings is 1. The molecule has 1 saturated heterocycles. The number of amides is 1. The minimum absolute atomic E-state index is 0.0354. The number of hydrogen-bond donors (Lipinski definition) is 0. The summed E-state index contributed by atoms with van der Waals surface area (Å²) in [6, 6.07) is 11.4. The lowest BCUT2D eigenvalue weighted by Crippen LogP contribution is -2.52. The Morgan fingerprint density at radius 1 is 1.07 bits per heavy atom. The lowest BCUT2D eigenvalue weighted by Gasteiger charge is -2.36. The Kier molecular flexibility index (Phi) is 6.26. The molecule has 0 N–H and O–H groups in total. The number of nitrogens with zero attached hydrogens (tertiary/aromatic N) is 3. The first kappa shape index (κ1) is 20.2. The van der Waals surface area contributed by atoms with Gasteiger partial charge in [-0.05, 0) is 43.3 Å². The number of halogens is 2. The molecule has 0 spiro atoms. The summed E-state index contributed by atoms with van der Waals surface area (Å²) >= 11 is 11.7. The van der Waals surface area contributed by atoms with Crippen LogP contribution in [-0.2, 0) is 4.79 Å². The van der Waals surface area contributed by atoms with Crippen LogP contribution < -0.4 is 9.64 Å². The molecular formula is C19H19Cl2N3O4. The molecular weight excluding hydrogens is 405 g/mol. The normalized spacial score (nSPS) is 15.2. The quantitative estimate of drug-likeness (QED) is 0.536. The first-order chi connectivity index (χ1) is 13.3. The van der Waals surface area contributed by atoms with E-state index < -0.39 is 11.0 Å². The smallest absolute Gasteiger partial charge is 0.294 e. The van der Waals surface area contributed by atoms with Crippen LogP contribution in [0.1, 0.15) is 6.92 Å². The zero-order chi connectivity index (χ0) is 20.3. The van der Waals surface area contributed by atoms with Gasteiger partial charge >= 0.3 is 0 Å². The summed E-state index contributed by atoms with van der Waals surface area (Å²) < 4.78 is 5.69. The van der Waals surface area contributed by atoms with E-state index in [1.54, 1.807) is 48.2 Å². The van der Waals surface area contributed by atoms with Crippen LogP contribution in [0.4, 0.5) is 11.4 Å². The summed E-state index contributed by atoms with van der Waals surface area (Å²) in [7, 11) is 0. The molecule has 1 unspecified atom stereocenters. The largest absolute Gasteiger partial charge is 0.481 e. The number of rotatable bonds is 5. The van der Waals surface area contributed by atoms with Crippen LogP contribution in [0.5, 0.6) is 5.75 Å². The maximum absolute atomic E-state index is 12.7. The van der Waals surface area contributed by atoms with Crippen molar-refractivity contribution in [2.75, 3.05) is 31.1 Å². The van der Waals surface area contributed by atoms with Crippen molar-refractivity contribution in [1.29, 1.82) is 0 Å². The molecule has 148 valence electrons. The fourth-order valence-electron chi connectivity index (χ4n) is 3.10. The van der Waals surface area contributed by atoms with Gasteiger partial charge in [-0.3, -0.25) is 14.9 Å². The maximum atomic E-state index is 12.7. The second-order valence-corrected chi connectivity index (χ2v) is 7.29. The van der Waals surface area contributed by atoms with Crippen LogP contribution in [0, 0.1) is 10.1 Å². The van der Waals surface area contributed by atoms with Crippen molar-refractivity contribution < 1.29 is 14.5 Å². The molecule has 0 aliphatic carbocycles. The van der Waals surface area contributed by atoms with Crippen LogP contribution in [0.3, 0.4) is 0 Å². The molecule has 1 fully saturated rings. The van der Waals surface area contributed by atoms with Crippen molar-refractivity contribution in [1.82, 2.24) is 4.90 Å². The number of carbonyl (C=O) groups excluding carboxylic acids is 1.